The second-order valence-electron chi connectivity index (χ2n) is 12.4. The molecular weight excluding hydrogens is 655 g/mol. The van der Waals surface area contributed by atoms with Gasteiger partial charge in [0.2, 0.25) is 0 Å². The minimum absolute atomic E-state index is 0.144. The second kappa shape index (κ2) is 13.4. The molecule has 1 heterocycles. The molecular formula is C51H33N3. The summed E-state index contributed by atoms with van der Waals surface area (Å²) in [5.74, 6) is 0.0532. The Labute approximate surface area is 335 Å². The molecule has 0 atom stereocenters. The third-order valence-corrected chi connectivity index (χ3v) is 9.17. The average Bonchev–Trinajstić information content (AvgIpc) is 3.37. The quantitative estimate of drug-likeness (QED) is 0.162. The maximum absolute atomic E-state index is 9.73. The van der Waals surface area contributed by atoms with E-state index in [0.29, 0.717) is 11.1 Å². The largest absolute Gasteiger partial charge is 0.208 e. The zero-order valence-corrected chi connectivity index (χ0v) is 28.2. The predicted molar refractivity (Wildman–Crippen MR) is 225 cm³/mol. The van der Waals surface area contributed by atoms with Gasteiger partial charge in [-0.25, -0.2) is 15.0 Å². The number of hydrogen-bond donors (Lipinski definition) is 0. The van der Waals surface area contributed by atoms with Crippen molar-refractivity contribution in [3.8, 4) is 67.5 Å². The lowest BCUT2D eigenvalue weighted by atomic mass is 9.92. The minimum Gasteiger partial charge on any atom is -0.208 e. The first-order chi connectivity index (χ1) is 33.0. The molecule has 0 aliphatic rings. The minimum atomic E-state index is -0.775. The molecule has 0 saturated heterocycles. The molecule has 3 heteroatoms. The number of benzene rings is 9. The van der Waals surface area contributed by atoms with Gasteiger partial charge in [-0.2, -0.15) is 0 Å². The van der Waals surface area contributed by atoms with Crippen LogP contribution in [-0.2, 0) is 0 Å². The van der Waals surface area contributed by atoms with Crippen LogP contribution in [0.4, 0.5) is 0 Å². The van der Waals surface area contributed by atoms with Crippen LogP contribution in [0.5, 0.6) is 0 Å². The van der Waals surface area contributed by atoms with Crippen molar-refractivity contribution in [2.24, 2.45) is 0 Å². The molecule has 0 aliphatic carbocycles. The fourth-order valence-electron chi connectivity index (χ4n) is 6.49. The first-order valence-electron chi connectivity index (χ1n) is 24.6. The van der Waals surface area contributed by atoms with Gasteiger partial charge in [-0.15, -0.1) is 0 Å². The first-order valence-corrected chi connectivity index (χ1v) is 17.1. The summed E-state index contributed by atoms with van der Waals surface area (Å²) >= 11 is 0. The van der Waals surface area contributed by atoms with Gasteiger partial charge >= 0.3 is 0 Å². The van der Waals surface area contributed by atoms with Gasteiger partial charge in [-0.3, -0.25) is 0 Å². The van der Waals surface area contributed by atoms with Crippen molar-refractivity contribution in [2.45, 2.75) is 0 Å². The molecule has 0 aliphatic heterocycles. The molecule has 3 nitrogen and oxygen atoms in total. The third kappa shape index (κ3) is 5.78. The van der Waals surface area contributed by atoms with Gasteiger partial charge in [0.15, 0.2) is 17.5 Å². The Balaban J connectivity index is 1.21. The molecule has 0 N–H and O–H groups in total. The van der Waals surface area contributed by atoms with Crippen molar-refractivity contribution >= 4 is 32.3 Å². The molecule has 0 radical (unpaired) electrons. The fraction of sp³-hybridized carbons (Fsp3) is 0. The van der Waals surface area contributed by atoms with Crippen LogP contribution >= 0.6 is 0 Å². The molecule has 10 aromatic rings. The summed E-state index contributed by atoms with van der Waals surface area (Å²) < 4.78 is 135. The molecule has 10 rings (SSSR count). The van der Waals surface area contributed by atoms with E-state index in [4.69, 9.17) is 30.0 Å². The van der Waals surface area contributed by atoms with Crippen molar-refractivity contribution in [1.29, 1.82) is 0 Å². The SMILES string of the molecule is [2H]c1c([2H])c(-c2nc(-c3ccccc3)nc(-c3ccc(-c4ccc(-c5ccccc5)cc4)cc3)n2)c([2H])c(-c2c([2H])c([2H])c3c4c([2H])c([2H])c([2H])c([2H])c4c4c([2H])c([2H])c([2H])c([2H])c4c3c2[2H])c1[2H]. The molecule has 0 amide bonds. The Kier molecular flexibility index (Phi) is 4.85. The number of rotatable bonds is 6. The third-order valence-electron chi connectivity index (χ3n) is 9.17. The van der Waals surface area contributed by atoms with E-state index in [1.54, 1.807) is 30.3 Å². The van der Waals surface area contributed by atoms with Gasteiger partial charge in [-0.1, -0.05) is 188 Å². The lowest BCUT2D eigenvalue weighted by molar-refractivity contribution is 1.07. The Morgan fingerprint density at radius 2 is 0.630 bits per heavy atom. The van der Waals surface area contributed by atoms with Crippen molar-refractivity contribution in [1.82, 2.24) is 15.0 Å². The summed E-state index contributed by atoms with van der Waals surface area (Å²) in [5.41, 5.74) is 3.67. The van der Waals surface area contributed by atoms with Crippen LogP contribution in [0.15, 0.2) is 200 Å². The topological polar surface area (TPSA) is 38.7 Å². The van der Waals surface area contributed by atoms with E-state index >= 15 is 0 Å². The first kappa shape index (κ1) is 19.6. The van der Waals surface area contributed by atoms with Gasteiger partial charge in [0, 0.05) is 16.7 Å². The van der Waals surface area contributed by atoms with Gasteiger partial charge in [0.1, 0.15) is 0 Å². The maximum Gasteiger partial charge on any atom is 0.164 e. The number of hydrogen-bond acceptors (Lipinski definition) is 3. The van der Waals surface area contributed by atoms with E-state index in [9.17, 15) is 5.48 Å². The van der Waals surface area contributed by atoms with Gasteiger partial charge in [-0.05, 0) is 77.8 Å². The Bertz CT molecular complexity index is 3770. The molecule has 9 aromatic carbocycles. The number of aromatic nitrogens is 3. The zero-order chi connectivity index (χ0) is 48.9. The highest BCUT2D eigenvalue weighted by Gasteiger charge is 2.15. The van der Waals surface area contributed by atoms with Crippen LogP contribution in [0.1, 0.15) is 20.6 Å². The van der Waals surface area contributed by atoms with Crippen molar-refractivity contribution in [3.05, 3.63) is 200 Å². The second-order valence-corrected chi connectivity index (χ2v) is 12.4. The van der Waals surface area contributed by atoms with Crippen molar-refractivity contribution in [2.75, 3.05) is 0 Å². The molecule has 0 unspecified atom stereocenters. The molecule has 0 saturated carbocycles. The normalized spacial score (nSPS) is 15.2. The maximum atomic E-state index is 9.73. The number of fused-ring (bicyclic) bond motifs is 6. The van der Waals surface area contributed by atoms with Crippen LogP contribution in [0.2, 0.25) is 0 Å². The highest BCUT2D eigenvalue weighted by atomic mass is 15.0. The van der Waals surface area contributed by atoms with Crippen LogP contribution in [0, 0.1) is 0 Å². The summed E-state index contributed by atoms with van der Waals surface area (Å²) in [6.07, 6.45) is 0. The summed E-state index contributed by atoms with van der Waals surface area (Å²) in [7, 11) is 0. The van der Waals surface area contributed by atoms with Gasteiger partial charge in [0.25, 0.3) is 0 Å². The van der Waals surface area contributed by atoms with E-state index in [0.717, 1.165) is 22.3 Å². The fourth-order valence-corrected chi connectivity index (χ4v) is 6.49. The van der Waals surface area contributed by atoms with E-state index in [1.807, 2.05) is 78.9 Å². The summed E-state index contributed by atoms with van der Waals surface area (Å²) in [6.45, 7) is 0. The summed E-state index contributed by atoms with van der Waals surface area (Å²) in [6, 6.07) is 23.9. The van der Waals surface area contributed by atoms with Crippen LogP contribution in [0.25, 0.3) is 99.9 Å². The van der Waals surface area contributed by atoms with E-state index in [-0.39, 0.29) is 50.0 Å². The monoisotopic (exact) mass is 702 g/mol. The molecule has 0 bridgehead atoms. The highest BCUT2D eigenvalue weighted by Crippen LogP contribution is 2.38. The van der Waals surface area contributed by atoms with Gasteiger partial charge < -0.3 is 0 Å². The van der Waals surface area contributed by atoms with E-state index in [1.165, 1.54) is 0 Å². The Hall–Kier alpha value is -7.23. The Morgan fingerprint density at radius 3 is 1.17 bits per heavy atom. The Morgan fingerprint density at radius 1 is 0.259 bits per heavy atom. The smallest absolute Gasteiger partial charge is 0.164 e. The summed E-state index contributed by atoms with van der Waals surface area (Å²) in [5, 5.41) is -2.18. The van der Waals surface area contributed by atoms with Gasteiger partial charge in [0.05, 0.1) is 20.6 Å². The molecule has 0 fully saturated rings. The standard InChI is InChI=1S/C51H33N3/c1-3-12-34(13-4-1)35-22-24-36(25-23-35)37-26-28-39(29-27-37)50-52-49(38-14-5-2-6-15-38)53-51(54-50)42-17-11-16-40(32-42)41-30-31-47-45-20-8-7-18-43(45)44-19-9-10-21-46(44)48(47)33-41/h1-33H/i7D,8D,9D,10D,11D,16D,17D,18D,19D,20D,21D,30D,31D,32D,33D. The van der Waals surface area contributed by atoms with E-state index in [2.05, 4.69) is 0 Å². The number of nitrogens with zero attached hydrogens (tertiary/aromatic N) is 3. The molecule has 252 valence electrons. The van der Waals surface area contributed by atoms with Crippen LogP contribution in [-0.4, -0.2) is 15.0 Å². The molecule has 0 spiro atoms. The lowest BCUT2D eigenvalue weighted by Crippen LogP contribution is -2.00. The zero-order valence-electron chi connectivity index (χ0n) is 43.2. The lowest BCUT2D eigenvalue weighted by Gasteiger charge is -2.13. The van der Waals surface area contributed by atoms with Crippen LogP contribution in [0.3, 0.4) is 0 Å². The van der Waals surface area contributed by atoms with Crippen molar-refractivity contribution < 1.29 is 20.6 Å². The highest BCUT2D eigenvalue weighted by molar-refractivity contribution is 6.25. The predicted octanol–water partition coefficient (Wildman–Crippen LogP) is 13.3. The van der Waals surface area contributed by atoms with Crippen LogP contribution < -0.4 is 0 Å². The summed E-state index contributed by atoms with van der Waals surface area (Å²) in [4.78, 5) is 14.2. The van der Waals surface area contributed by atoms with E-state index < -0.39 is 107 Å². The van der Waals surface area contributed by atoms with Crippen molar-refractivity contribution in [3.63, 3.8) is 0 Å². The molecule has 1 aromatic heterocycles. The average molecular weight is 703 g/mol. The molecule has 54 heavy (non-hydrogen) atoms.